The maximum absolute atomic E-state index is 9.45. The van der Waals surface area contributed by atoms with E-state index in [4.69, 9.17) is 0 Å². The van der Waals surface area contributed by atoms with Crippen LogP contribution in [0.2, 0.25) is 0 Å². The predicted octanol–water partition coefficient (Wildman–Crippen LogP) is 1.73. The van der Waals surface area contributed by atoms with Crippen molar-refractivity contribution in [2.75, 3.05) is 6.61 Å². The van der Waals surface area contributed by atoms with Crippen LogP contribution in [0, 0.1) is 0 Å². The minimum absolute atomic E-state index is 0.0357. The second-order valence-corrected chi connectivity index (χ2v) is 4.20. The Morgan fingerprint density at radius 1 is 1.33 bits per heavy atom. The van der Waals surface area contributed by atoms with E-state index in [1.807, 2.05) is 42.9 Å². The fraction of sp³-hybridized carbons (Fsp3) is 0.357. The maximum Gasteiger partial charge on any atom is 0.0948 e. The first-order chi connectivity index (χ1) is 8.85. The molecule has 0 saturated heterocycles. The summed E-state index contributed by atoms with van der Waals surface area (Å²) in [5.74, 6) is 0. The summed E-state index contributed by atoms with van der Waals surface area (Å²) < 4.78 is 2.09. The van der Waals surface area contributed by atoms with E-state index >= 15 is 0 Å². The van der Waals surface area contributed by atoms with Crippen LogP contribution in [0.4, 0.5) is 0 Å². The van der Waals surface area contributed by atoms with E-state index in [-0.39, 0.29) is 12.6 Å². The Morgan fingerprint density at radius 3 is 2.78 bits per heavy atom. The van der Waals surface area contributed by atoms with Gasteiger partial charge in [0.25, 0.3) is 0 Å². The average Bonchev–Trinajstić information content (AvgIpc) is 2.88. The molecule has 0 spiro atoms. The van der Waals surface area contributed by atoms with Crippen molar-refractivity contribution in [3.05, 3.63) is 54.1 Å². The van der Waals surface area contributed by atoms with E-state index in [0.717, 1.165) is 17.8 Å². The van der Waals surface area contributed by atoms with Crippen molar-refractivity contribution < 1.29 is 5.11 Å². The predicted molar refractivity (Wildman–Crippen MR) is 71.0 cm³/mol. The summed E-state index contributed by atoms with van der Waals surface area (Å²) in [6.07, 6.45) is 3.68. The number of benzene rings is 1. The van der Waals surface area contributed by atoms with Crippen LogP contribution >= 0.6 is 0 Å². The van der Waals surface area contributed by atoms with Crippen molar-refractivity contribution in [3.8, 4) is 0 Å². The number of imidazole rings is 1. The first kappa shape index (κ1) is 12.8. The summed E-state index contributed by atoms with van der Waals surface area (Å²) in [5, 5.41) is 12.8. The molecule has 0 saturated carbocycles. The van der Waals surface area contributed by atoms with E-state index < -0.39 is 0 Å². The number of aliphatic hydroxyl groups excluding tert-OH is 1. The molecule has 0 bridgehead atoms. The lowest BCUT2D eigenvalue weighted by atomic mass is 10.1. The zero-order valence-electron chi connectivity index (χ0n) is 10.6. The summed E-state index contributed by atoms with van der Waals surface area (Å²) in [5.41, 5.74) is 2.23. The van der Waals surface area contributed by atoms with Gasteiger partial charge in [0.05, 0.1) is 24.7 Å². The molecule has 2 N–H and O–H groups in total. The first-order valence-corrected chi connectivity index (χ1v) is 6.23. The van der Waals surface area contributed by atoms with Gasteiger partial charge in [-0.3, -0.25) is 0 Å². The molecule has 2 rings (SSSR count). The lowest BCUT2D eigenvalue weighted by Gasteiger charge is -2.17. The van der Waals surface area contributed by atoms with E-state index in [2.05, 4.69) is 21.8 Å². The molecule has 1 aromatic carbocycles. The van der Waals surface area contributed by atoms with Gasteiger partial charge in [0.15, 0.2) is 0 Å². The third kappa shape index (κ3) is 2.97. The third-order valence-electron chi connectivity index (χ3n) is 3.05. The van der Waals surface area contributed by atoms with Gasteiger partial charge in [0.1, 0.15) is 0 Å². The number of aryl methyl sites for hydroxylation is 1. The molecule has 0 radical (unpaired) electrons. The van der Waals surface area contributed by atoms with Crippen LogP contribution in [0.3, 0.4) is 0 Å². The average molecular weight is 245 g/mol. The monoisotopic (exact) mass is 245 g/mol. The smallest absolute Gasteiger partial charge is 0.0948 e. The molecule has 0 amide bonds. The quantitative estimate of drug-likeness (QED) is 0.815. The zero-order valence-corrected chi connectivity index (χ0v) is 10.6. The maximum atomic E-state index is 9.45. The lowest BCUT2D eigenvalue weighted by molar-refractivity contribution is 0.243. The van der Waals surface area contributed by atoms with Crippen molar-refractivity contribution in [1.82, 2.24) is 14.9 Å². The number of hydrogen-bond acceptors (Lipinski definition) is 3. The minimum Gasteiger partial charge on any atom is -0.394 e. The Balaban J connectivity index is 2.00. The molecule has 1 unspecified atom stereocenters. The van der Waals surface area contributed by atoms with E-state index in [9.17, 15) is 5.11 Å². The lowest BCUT2D eigenvalue weighted by Crippen LogP contribution is -2.25. The molecule has 96 valence electrons. The fourth-order valence-electron chi connectivity index (χ4n) is 1.98. The normalized spacial score (nSPS) is 12.6. The highest BCUT2D eigenvalue weighted by molar-refractivity contribution is 5.19. The number of aliphatic hydroxyl groups is 1. The summed E-state index contributed by atoms with van der Waals surface area (Å²) in [7, 11) is 0. The van der Waals surface area contributed by atoms with Crippen LogP contribution in [-0.2, 0) is 13.1 Å². The van der Waals surface area contributed by atoms with Gasteiger partial charge in [-0.15, -0.1) is 0 Å². The molecule has 0 aliphatic heterocycles. The number of hydrogen-bond donors (Lipinski definition) is 2. The Kier molecular flexibility index (Phi) is 4.50. The molecule has 0 aliphatic carbocycles. The molecular weight excluding hydrogens is 226 g/mol. The van der Waals surface area contributed by atoms with E-state index in [1.54, 1.807) is 0 Å². The minimum atomic E-state index is -0.0357. The molecule has 4 heteroatoms. The van der Waals surface area contributed by atoms with Crippen molar-refractivity contribution in [2.24, 2.45) is 0 Å². The third-order valence-corrected chi connectivity index (χ3v) is 3.05. The Hall–Kier alpha value is -1.65. The highest BCUT2D eigenvalue weighted by atomic mass is 16.3. The molecule has 1 atom stereocenters. The molecule has 4 nitrogen and oxygen atoms in total. The Labute approximate surface area is 107 Å². The van der Waals surface area contributed by atoms with Gasteiger partial charge in [-0.2, -0.15) is 0 Å². The SMILES string of the molecule is CCn1cncc1CNC(CO)c1ccccc1. The number of nitrogens with one attached hydrogen (secondary N) is 1. The van der Waals surface area contributed by atoms with Crippen LogP contribution in [0.5, 0.6) is 0 Å². The van der Waals surface area contributed by atoms with Gasteiger partial charge >= 0.3 is 0 Å². The van der Waals surface area contributed by atoms with Gasteiger partial charge in [-0.1, -0.05) is 30.3 Å². The fourth-order valence-corrected chi connectivity index (χ4v) is 1.98. The largest absolute Gasteiger partial charge is 0.394 e. The van der Waals surface area contributed by atoms with Crippen LogP contribution in [-0.4, -0.2) is 21.3 Å². The van der Waals surface area contributed by atoms with Crippen LogP contribution in [0.25, 0.3) is 0 Å². The van der Waals surface area contributed by atoms with Gasteiger partial charge < -0.3 is 15.0 Å². The second-order valence-electron chi connectivity index (χ2n) is 4.20. The van der Waals surface area contributed by atoms with Crippen LogP contribution < -0.4 is 5.32 Å². The molecule has 1 heterocycles. The highest BCUT2D eigenvalue weighted by Gasteiger charge is 2.10. The van der Waals surface area contributed by atoms with Gasteiger partial charge in [0, 0.05) is 19.3 Å². The summed E-state index contributed by atoms with van der Waals surface area (Å²) >= 11 is 0. The van der Waals surface area contributed by atoms with Crippen LogP contribution in [0.15, 0.2) is 42.9 Å². The van der Waals surface area contributed by atoms with Crippen molar-refractivity contribution in [1.29, 1.82) is 0 Å². The summed E-state index contributed by atoms with van der Waals surface area (Å²) in [6, 6.07) is 9.94. The standard InChI is InChI=1S/C14H19N3O/c1-2-17-11-15-8-13(17)9-16-14(10-18)12-6-4-3-5-7-12/h3-8,11,14,16,18H,2,9-10H2,1H3. The summed E-state index contributed by atoms with van der Waals surface area (Å²) in [6.45, 7) is 3.79. The van der Waals surface area contributed by atoms with Gasteiger partial charge in [-0.25, -0.2) is 4.98 Å². The first-order valence-electron chi connectivity index (χ1n) is 6.23. The van der Waals surface area contributed by atoms with E-state index in [1.165, 1.54) is 0 Å². The zero-order chi connectivity index (χ0) is 12.8. The molecule has 0 fully saturated rings. The van der Waals surface area contributed by atoms with Gasteiger partial charge in [-0.05, 0) is 12.5 Å². The molecule has 18 heavy (non-hydrogen) atoms. The molecule has 1 aromatic heterocycles. The molecule has 0 aliphatic rings. The molecule has 2 aromatic rings. The molecular formula is C14H19N3O. The number of aromatic nitrogens is 2. The highest BCUT2D eigenvalue weighted by Crippen LogP contribution is 2.12. The second kappa shape index (κ2) is 6.33. The Bertz CT molecular complexity index is 467. The number of nitrogens with zero attached hydrogens (tertiary/aromatic N) is 2. The van der Waals surface area contributed by atoms with Gasteiger partial charge in [0.2, 0.25) is 0 Å². The Morgan fingerprint density at radius 2 is 2.11 bits per heavy atom. The topological polar surface area (TPSA) is 50.1 Å². The van der Waals surface area contributed by atoms with Crippen LogP contribution in [0.1, 0.15) is 24.2 Å². The van der Waals surface area contributed by atoms with Crippen molar-refractivity contribution >= 4 is 0 Å². The van der Waals surface area contributed by atoms with Crippen molar-refractivity contribution in [2.45, 2.75) is 26.1 Å². The summed E-state index contributed by atoms with van der Waals surface area (Å²) in [4.78, 5) is 4.13. The van der Waals surface area contributed by atoms with Crippen molar-refractivity contribution in [3.63, 3.8) is 0 Å². The van der Waals surface area contributed by atoms with E-state index in [0.29, 0.717) is 6.54 Å². The number of rotatable bonds is 6.